The van der Waals surface area contributed by atoms with E-state index in [0.717, 1.165) is 40.2 Å². The third-order valence-corrected chi connectivity index (χ3v) is 4.14. The number of carboxylic acid groups (broad SMARTS) is 1. The zero-order valence-corrected chi connectivity index (χ0v) is 10.6. The van der Waals surface area contributed by atoms with Crippen molar-refractivity contribution in [2.75, 3.05) is 6.61 Å². The van der Waals surface area contributed by atoms with Crippen LogP contribution in [0.1, 0.15) is 29.5 Å². The van der Waals surface area contributed by atoms with Crippen LogP contribution in [0.15, 0.2) is 18.2 Å². The first kappa shape index (κ1) is 11.6. The molecular weight excluding hydrogens is 250 g/mol. The monoisotopic (exact) mass is 263 g/mol. The molecule has 2 heterocycles. The number of benzene rings is 1. The first-order valence-electron chi connectivity index (χ1n) is 5.95. The van der Waals surface area contributed by atoms with E-state index >= 15 is 0 Å². The molecule has 0 spiro atoms. The molecule has 1 aliphatic heterocycles. The molecule has 1 aromatic heterocycles. The summed E-state index contributed by atoms with van der Waals surface area (Å²) in [5, 5.41) is 9.79. The largest absolute Gasteiger partial charge is 0.481 e. The second kappa shape index (κ2) is 4.66. The summed E-state index contributed by atoms with van der Waals surface area (Å²) >= 11 is 1.61. The molecule has 5 heteroatoms. The Morgan fingerprint density at radius 2 is 2.44 bits per heavy atom. The first-order chi connectivity index (χ1) is 8.72. The number of carbonyl (C=O) groups is 1. The van der Waals surface area contributed by atoms with Crippen LogP contribution >= 0.6 is 11.3 Å². The Labute approximate surface area is 108 Å². The maximum Gasteiger partial charge on any atom is 0.307 e. The minimum Gasteiger partial charge on any atom is -0.481 e. The molecule has 1 unspecified atom stereocenters. The summed E-state index contributed by atoms with van der Waals surface area (Å²) in [6.07, 6.45) is 2.31. The Hall–Kier alpha value is -1.46. The topological polar surface area (TPSA) is 59.4 Å². The molecule has 2 aromatic rings. The van der Waals surface area contributed by atoms with E-state index in [2.05, 4.69) is 4.98 Å². The number of fused-ring (bicyclic) bond motifs is 1. The van der Waals surface area contributed by atoms with E-state index in [1.165, 1.54) is 0 Å². The van der Waals surface area contributed by atoms with Crippen LogP contribution in [-0.2, 0) is 16.0 Å². The van der Waals surface area contributed by atoms with Gasteiger partial charge in [0.15, 0.2) is 0 Å². The fourth-order valence-corrected chi connectivity index (χ4v) is 3.30. The molecule has 18 heavy (non-hydrogen) atoms. The van der Waals surface area contributed by atoms with Crippen LogP contribution in [0.4, 0.5) is 0 Å². The van der Waals surface area contributed by atoms with Gasteiger partial charge in [-0.25, -0.2) is 4.98 Å². The van der Waals surface area contributed by atoms with Gasteiger partial charge in [0.1, 0.15) is 11.1 Å². The van der Waals surface area contributed by atoms with E-state index in [1.807, 2.05) is 18.2 Å². The molecule has 0 aliphatic carbocycles. The van der Waals surface area contributed by atoms with Gasteiger partial charge in [-0.3, -0.25) is 4.79 Å². The maximum absolute atomic E-state index is 10.7. The molecule has 0 bridgehead atoms. The lowest BCUT2D eigenvalue weighted by atomic mass is 10.1. The van der Waals surface area contributed by atoms with Gasteiger partial charge in [0.2, 0.25) is 0 Å². The minimum atomic E-state index is -0.807. The van der Waals surface area contributed by atoms with Crippen molar-refractivity contribution >= 4 is 27.5 Å². The maximum atomic E-state index is 10.7. The summed E-state index contributed by atoms with van der Waals surface area (Å²) in [5.41, 5.74) is 1.75. The summed E-state index contributed by atoms with van der Waals surface area (Å²) in [4.78, 5) is 15.2. The van der Waals surface area contributed by atoms with Crippen LogP contribution in [0, 0.1) is 0 Å². The number of nitrogens with zero attached hydrogens (tertiary/aromatic N) is 1. The molecule has 1 saturated heterocycles. The Balaban J connectivity index is 1.93. The smallest absolute Gasteiger partial charge is 0.307 e. The Bertz CT molecular complexity index is 587. The lowest BCUT2D eigenvalue weighted by Gasteiger charge is -2.02. The number of rotatable bonds is 3. The zero-order valence-electron chi connectivity index (χ0n) is 9.76. The van der Waals surface area contributed by atoms with Gasteiger partial charge in [-0.15, -0.1) is 11.3 Å². The SMILES string of the molecule is O=C(O)Cc1ccc2nc(C3CCCO3)sc2c1. The lowest BCUT2D eigenvalue weighted by Crippen LogP contribution is -1.99. The van der Waals surface area contributed by atoms with Crippen molar-refractivity contribution in [3.8, 4) is 0 Å². The fourth-order valence-electron chi connectivity index (χ4n) is 2.18. The molecule has 1 aliphatic rings. The summed E-state index contributed by atoms with van der Waals surface area (Å²) in [7, 11) is 0. The van der Waals surface area contributed by atoms with E-state index in [0.29, 0.717) is 0 Å². The highest BCUT2D eigenvalue weighted by Gasteiger charge is 2.21. The van der Waals surface area contributed by atoms with Crippen molar-refractivity contribution in [3.63, 3.8) is 0 Å². The van der Waals surface area contributed by atoms with Gasteiger partial charge in [0.25, 0.3) is 0 Å². The highest BCUT2D eigenvalue weighted by atomic mass is 32.1. The van der Waals surface area contributed by atoms with E-state index in [-0.39, 0.29) is 12.5 Å². The van der Waals surface area contributed by atoms with Gasteiger partial charge < -0.3 is 9.84 Å². The third-order valence-electron chi connectivity index (χ3n) is 3.03. The normalized spacial score (nSPS) is 19.4. The first-order valence-corrected chi connectivity index (χ1v) is 6.77. The molecule has 0 saturated carbocycles. The lowest BCUT2D eigenvalue weighted by molar-refractivity contribution is -0.136. The quantitative estimate of drug-likeness (QED) is 0.925. The fraction of sp³-hybridized carbons (Fsp3) is 0.385. The molecular formula is C13H13NO3S. The van der Waals surface area contributed by atoms with E-state index in [1.54, 1.807) is 11.3 Å². The van der Waals surface area contributed by atoms with Crippen molar-refractivity contribution in [2.45, 2.75) is 25.4 Å². The van der Waals surface area contributed by atoms with E-state index in [9.17, 15) is 4.79 Å². The average molecular weight is 263 g/mol. The summed E-state index contributed by atoms with van der Waals surface area (Å²) in [5.74, 6) is -0.807. The second-order valence-corrected chi connectivity index (χ2v) is 5.49. The number of thiazole rings is 1. The van der Waals surface area contributed by atoms with Crippen LogP contribution in [0.2, 0.25) is 0 Å². The second-order valence-electron chi connectivity index (χ2n) is 4.43. The van der Waals surface area contributed by atoms with E-state index < -0.39 is 5.97 Å². The highest BCUT2D eigenvalue weighted by molar-refractivity contribution is 7.18. The highest BCUT2D eigenvalue weighted by Crippen LogP contribution is 2.34. The Morgan fingerprint density at radius 1 is 1.56 bits per heavy atom. The van der Waals surface area contributed by atoms with E-state index in [4.69, 9.17) is 9.84 Å². The summed E-state index contributed by atoms with van der Waals surface area (Å²) in [6, 6.07) is 5.64. The zero-order chi connectivity index (χ0) is 12.5. The summed E-state index contributed by atoms with van der Waals surface area (Å²) < 4.78 is 6.66. The van der Waals surface area contributed by atoms with Gasteiger partial charge in [0.05, 0.1) is 16.6 Å². The number of carboxylic acids is 1. The molecule has 0 radical (unpaired) electrons. The molecule has 1 fully saturated rings. The standard InChI is InChI=1S/C13H13NO3S/c15-12(16)7-8-3-4-9-11(6-8)18-13(14-9)10-2-1-5-17-10/h3-4,6,10H,1-2,5,7H2,(H,15,16). The molecule has 1 N–H and O–H groups in total. The number of aromatic nitrogens is 1. The van der Waals surface area contributed by atoms with Crippen molar-refractivity contribution in [1.82, 2.24) is 4.98 Å². The molecule has 4 nitrogen and oxygen atoms in total. The minimum absolute atomic E-state index is 0.0586. The predicted molar refractivity (Wildman–Crippen MR) is 68.9 cm³/mol. The number of ether oxygens (including phenoxy) is 1. The van der Waals surface area contributed by atoms with Gasteiger partial charge >= 0.3 is 5.97 Å². The van der Waals surface area contributed by atoms with Crippen molar-refractivity contribution < 1.29 is 14.6 Å². The molecule has 94 valence electrons. The molecule has 3 rings (SSSR count). The molecule has 1 aromatic carbocycles. The number of aliphatic carboxylic acids is 1. The van der Waals surface area contributed by atoms with Crippen LogP contribution < -0.4 is 0 Å². The van der Waals surface area contributed by atoms with Gasteiger partial charge in [-0.05, 0) is 30.5 Å². The molecule has 0 amide bonds. The predicted octanol–water partition coefficient (Wildman–Crippen LogP) is 2.77. The average Bonchev–Trinajstić information content (AvgIpc) is 2.95. The Kier molecular flexibility index (Phi) is 3.01. The molecule has 1 atom stereocenters. The van der Waals surface area contributed by atoms with Gasteiger partial charge in [0, 0.05) is 6.61 Å². The summed E-state index contributed by atoms with van der Waals surface area (Å²) in [6.45, 7) is 0.810. The van der Waals surface area contributed by atoms with Crippen molar-refractivity contribution in [1.29, 1.82) is 0 Å². The van der Waals surface area contributed by atoms with Crippen molar-refractivity contribution in [2.24, 2.45) is 0 Å². The van der Waals surface area contributed by atoms with Crippen LogP contribution in [0.25, 0.3) is 10.2 Å². The van der Waals surface area contributed by atoms with Crippen LogP contribution in [0.5, 0.6) is 0 Å². The van der Waals surface area contributed by atoms with Crippen LogP contribution in [-0.4, -0.2) is 22.7 Å². The van der Waals surface area contributed by atoms with Gasteiger partial charge in [-0.2, -0.15) is 0 Å². The van der Waals surface area contributed by atoms with Gasteiger partial charge in [-0.1, -0.05) is 6.07 Å². The third kappa shape index (κ3) is 2.23. The number of hydrogen-bond donors (Lipinski definition) is 1. The van der Waals surface area contributed by atoms with Crippen molar-refractivity contribution in [3.05, 3.63) is 28.8 Å². The Morgan fingerprint density at radius 3 is 3.17 bits per heavy atom. The number of hydrogen-bond acceptors (Lipinski definition) is 4. The van der Waals surface area contributed by atoms with Crippen LogP contribution in [0.3, 0.4) is 0 Å².